The number of unbranched alkanes of at least 4 members (excludes halogenated alkanes) is 1. The van der Waals surface area contributed by atoms with Crippen LogP contribution in [0.5, 0.6) is 11.5 Å². The predicted molar refractivity (Wildman–Crippen MR) is 75.8 cm³/mol. The number of hydrogen-bond donors (Lipinski definition) is 1. The molecule has 0 saturated heterocycles. The topological polar surface area (TPSA) is 82.1 Å². The Labute approximate surface area is 122 Å². The first-order valence-corrected chi connectivity index (χ1v) is 6.41. The number of ether oxygens (including phenoxy) is 3. The molecule has 6 heteroatoms. The Bertz CT molecular complexity index is 509. The van der Waals surface area contributed by atoms with Crippen LogP contribution >= 0.6 is 0 Å². The Morgan fingerprint density at radius 1 is 1.24 bits per heavy atom. The molecule has 0 heterocycles. The van der Waals surface area contributed by atoms with E-state index in [0.29, 0.717) is 37.6 Å². The summed E-state index contributed by atoms with van der Waals surface area (Å²) in [6.07, 6.45) is 2.47. The SMILES string of the molecule is C=CC(=O)OCCCCOc1ccc(C(=O)O)cc1OC. The Morgan fingerprint density at radius 3 is 2.57 bits per heavy atom. The van der Waals surface area contributed by atoms with Gasteiger partial charge in [-0.2, -0.15) is 0 Å². The first-order valence-electron chi connectivity index (χ1n) is 6.41. The van der Waals surface area contributed by atoms with Crippen molar-refractivity contribution in [2.45, 2.75) is 12.8 Å². The fraction of sp³-hybridized carbons (Fsp3) is 0.333. The van der Waals surface area contributed by atoms with Crippen molar-refractivity contribution < 1.29 is 28.9 Å². The van der Waals surface area contributed by atoms with E-state index < -0.39 is 11.9 Å². The molecule has 1 aromatic carbocycles. The average molecular weight is 294 g/mol. The fourth-order valence-corrected chi connectivity index (χ4v) is 1.54. The number of carbonyl (C=O) groups excluding carboxylic acids is 1. The first kappa shape index (κ1) is 16.6. The van der Waals surface area contributed by atoms with Gasteiger partial charge in [0.05, 0.1) is 25.9 Å². The maximum atomic E-state index is 10.8. The standard InChI is InChI=1S/C15H18O6/c1-3-14(16)21-9-5-4-8-20-12-7-6-11(15(17)18)10-13(12)19-2/h3,6-7,10H,1,4-5,8-9H2,2H3,(H,17,18). The molecule has 0 aliphatic carbocycles. The van der Waals surface area contributed by atoms with Gasteiger partial charge in [0.25, 0.3) is 0 Å². The third-order valence-corrected chi connectivity index (χ3v) is 2.62. The highest BCUT2D eigenvalue weighted by Gasteiger charge is 2.09. The van der Waals surface area contributed by atoms with Gasteiger partial charge in [0.2, 0.25) is 0 Å². The van der Waals surface area contributed by atoms with Gasteiger partial charge in [0.1, 0.15) is 0 Å². The molecular formula is C15H18O6. The lowest BCUT2D eigenvalue weighted by Gasteiger charge is -2.11. The Hall–Kier alpha value is -2.50. The Morgan fingerprint density at radius 2 is 1.95 bits per heavy atom. The Kier molecular flexibility index (Phi) is 6.80. The molecule has 1 N–H and O–H groups in total. The Balaban J connectivity index is 2.39. The normalized spacial score (nSPS) is 9.76. The van der Waals surface area contributed by atoms with Gasteiger partial charge < -0.3 is 19.3 Å². The summed E-state index contributed by atoms with van der Waals surface area (Å²) in [5.41, 5.74) is 0.135. The molecule has 0 spiro atoms. The van der Waals surface area contributed by atoms with E-state index >= 15 is 0 Å². The van der Waals surface area contributed by atoms with Gasteiger partial charge >= 0.3 is 11.9 Å². The molecule has 0 aliphatic heterocycles. The van der Waals surface area contributed by atoms with Crippen molar-refractivity contribution in [2.24, 2.45) is 0 Å². The van der Waals surface area contributed by atoms with Crippen LogP contribution in [0.25, 0.3) is 0 Å². The summed E-state index contributed by atoms with van der Waals surface area (Å²) in [6.45, 7) is 4.02. The summed E-state index contributed by atoms with van der Waals surface area (Å²) in [6, 6.07) is 4.41. The van der Waals surface area contributed by atoms with Crippen LogP contribution in [0.4, 0.5) is 0 Å². The van der Waals surface area contributed by atoms with Gasteiger partial charge in [0, 0.05) is 6.08 Å². The number of methoxy groups -OCH3 is 1. The van der Waals surface area contributed by atoms with Crippen LogP contribution in [0.2, 0.25) is 0 Å². The molecule has 0 unspecified atom stereocenters. The quantitative estimate of drug-likeness (QED) is 0.427. The van der Waals surface area contributed by atoms with E-state index in [0.717, 1.165) is 6.08 Å². The van der Waals surface area contributed by atoms with Gasteiger partial charge in [-0.25, -0.2) is 9.59 Å². The number of esters is 1. The van der Waals surface area contributed by atoms with Gasteiger partial charge in [0.15, 0.2) is 11.5 Å². The van der Waals surface area contributed by atoms with Gasteiger partial charge in [-0.1, -0.05) is 6.58 Å². The van der Waals surface area contributed by atoms with Crippen molar-refractivity contribution in [1.82, 2.24) is 0 Å². The van der Waals surface area contributed by atoms with E-state index in [1.807, 2.05) is 0 Å². The molecule has 1 aromatic rings. The minimum atomic E-state index is -1.02. The molecule has 0 amide bonds. The van der Waals surface area contributed by atoms with Gasteiger partial charge in [-0.3, -0.25) is 0 Å². The molecule has 114 valence electrons. The lowest BCUT2D eigenvalue weighted by Crippen LogP contribution is -2.05. The average Bonchev–Trinajstić information content (AvgIpc) is 2.50. The van der Waals surface area contributed by atoms with Crippen molar-refractivity contribution >= 4 is 11.9 Å². The molecule has 21 heavy (non-hydrogen) atoms. The van der Waals surface area contributed by atoms with Crippen LogP contribution < -0.4 is 9.47 Å². The van der Waals surface area contributed by atoms with Crippen LogP contribution in [0.3, 0.4) is 0 Å². The van der Waals surface area contributed by atoms with E-state index in [1.54, 1.807) is 6.07 Å². The highest BCUT2D eigenvalue weighted by Crippen LogP contribution is 2.28. The highest BCUT2D eigenvalue weighted by molar-refractivity contribution is 5.88. The van der Waals surface area contributed by atoms with Crippen molar-refractivity contribution in [1.29, 1.82) is 0 Å². The summed E-state index contributed by atoms with van der Waals surface area (Å²) in [7, 11) is 1.45. The van der Waals surface area contributed by atoms with Crippen molar-refractivity contribution in [3.8, 4) is 11.5 Å². The molecule has 6 nitrogen and oxygen atoms in total. The summed E-state index contributed by atoms with van der Waals surface area (Å²) in [4.78, 5) is 21.6. The number of carboxylic acid groups (broad SMARTS) is 1. The van der Waals surface area contributed by atoms with Gasteiger partial charge in [-0.05, 0) is 31.0 Å². The lowest BCUT2D eigenvalue weighted by atomic mass is 10.2. The molecule has 0 atom stereocenters. The minimum absolute atomic E-state index is 0.135. The first-order chi connectivity index (χ1) is 10.1. The fourth-order valence-electron chi connectivity index (χ4n) is 1.54. The van der Waals surface area contributed by atoms with E-state index in [1.165, 1.54) is 19.2 Å². The molecular weight excluding hydrogens is 276 g/mol. The zero-order valence-corrected chi connectivity index (χ0v) is 11.8. The van der Waals surface area contributed by atoms with Crippen molar-refractivity contribution in [3.05, 3.63) is 36.4 Å². The molecule has 0 radical (unpaired) electrons. The maximum absolute atomic E-state index is 10.8. The van der Waals surface area contributed by atoms with Crippen molar-refractivity contribution in [2.75, 3.05) is 20.3 Å². The monoisotopic (exact) mass is 294 g/mol. The third-order valence-electron chi connectivity index (χ3n) is 2.62. The molecule has 0 fully saturated rings. The number of hydrogen-bond acceptors (Lipinski definition) is 5. The number of rotatable bonds is 9. The zero-order chi connectivity index (χ0) is 15.7. The number of aromatic carboxylic acids is 1. The van der Waals surface area contributed by atoms with Crippen LogP contribution in [-0.2, 0) is 9.53 Å². The maximum Gasteiger partial charge on any atom is 0.335 e. The summed E-state index contributed by atoms with van der Waals surface area (Å²) < 4.78 is 15.4. The summed E-state index contributed by atoms with van der Waals surface area (Å²) in [5, 5.41) is 8.89. The van der Waals surface area contributed by atoms with E-state index in [2.05, 4.69) is 6.58 Å². The van der Waals surface area contributed by atoms with Gasteiger partial charge in [-0.15, -0.1) is 0 Å². The molecule has 0 bridgehead atoms. The van der Waals surface area contributed by atoms with Crippen LogP contribution in [0, 0.1) is 0 Å². The minimum Gasteiger partial charge on any atom is -0.493 e. The summed E-state index contributed by atoms with van der Waals surface area (Å²) >= 11 is 0. The number of carboxylic acids is 1. The zero-order valence-electron chi connectivity index (χ0n) is 11.8. The molecule has 0 aliphatic rings. The van der Waals surface area contributed by atoms with Crippen molar-refractivity contribution in [3.63, 3.8) is 0 Å². The molecule has 1 rings (SSSR count). The van der Waals surface area contributed by atoms with Crippen LogP contribution in [0.15, 0.2) is 30.9 Å². The van der Waals surface area contributed by atoms with Crippen LogP contribution in [0.1, 0.15) is 23.2 Å². The highest BCUT2D eigenvalue weighted by atomic mass is 16.5. The second-order valence-electron chi connectivity index (χ2n) is 4.10. The smallest absolute Gasteiger partial charge is 0.335 e. The number of carbonyl (C=O) groups is 2. The molecule has 0 aromatic heterocycles. The predicted octanol–water partition coefficient (Wildman–Crippen LogP) is 2.28. The molecule has 0 saturated carbocycles. The largest absolute Gasteiger partial charge is 0.493 e. The van der Waals surface area contributed by atoms with E-state index in [4.69, 9.17) is 19.3 Å². The summed E-state index contributed by atoms with van der Waals surface area (Å²) in [5.74, 6) is -0.621. The second kappa shape index (κ2) is 8.63. The van der Waals surface area contributed by atoms with Crippen LogP contribution in [-0.4, -0.2) is 37.4 Å². The second-order valence-corrected chi connectivity index (χ2v) is 4.10. The van der Waals surface area contributed by atoms with E-state index in [9.17, 15) is 9.59 Å². The van der Waals surface area contributed by atoms with E-state index in [-0.39, 0.29) is 5.56 Å². The lowest BCUT2D eigenvalue weighted by molar-refractivity contribution is -0.137. The third kappa shape index (κ3) is 5.56. The number of benzene rings is 1.